The molecule has 4 nitrogen and oxygen atoms in total. The standard InChI is InChI=1S/C10H8F3NO3/c11-10(12,13)6-2-1-3-7(4-6)14-5-17-9(16)8(14)15/h1-4,9,16H,5H2. The van der Waals surface area contributed by atoms with Crippen LogP contribution in [0.2, 0.25) is 0 Å². The lowest BCUT2D eigenvalue weighted by Gasteiger charge is -2.15. The number of amides is 1. The number of carbonyl (C=O) groups is 1. The molecule has 2 rings (SSSR count). The van der Waals surface area contributed by atoms with Crippen LogP contribution in [0.1, 0.15) is 5.56 Å². The summed E-state index contributed by atoms with van der Waals surface area (Å²) < 4.78 is 41.9. The van der Waals surface area contributed by atoms with Gasteiger partial charge in [0.25, 0.3) is 5.91 Å². The second-order valence-electron chi connectivity index (χ2n) is 3.46. The van der Waals surface area contributed by atoms with Gasteiger partial charge in [-0.1, -0.05) is 6.07 Å². The lowest BCUT2D eigenvalue weighted by molar-refractivity contribution is -0.139. The third-order valence-corrected chi connectivity index (χ3v) is 2.32. The molecule has 0 spiro atoms. The van der Waals surface area contributed by atoms with Crippen molar-refractivity contribution in [3.8, 4) is 0 Å². The number of rotatable bonds is 1. The molecule has 92 valence electrons. The molecule has 1 aliphatic heterocycles. The van der Waals surface area contributed by atoms with Crippen molar-refractivity contribution in [2.75, 3.05) is 11.6 Å². The van der Waals surface area contributed by atoms with Gasteiger partial charge >= 0.3 is 6.18 Å². The highest BCUT2D eigenvalue weighted by atomic mass is 19.4. The molecule has 1 aromatic rings. The number of hydrogen-bond donors (Lipinski definition) is 1. The van der Waals surface area contributed by atoms with E-state index in [1.54, 1.807) is 0 Å². The molecule has 0 radical (unpaired) electrons. The van der Waals surface area contributed by atoms with Crippen LogP contribution in [0.3, 0.4) is 0 Å². The van der Waals surface area contributed by atoms with Gasteiger partial charge in [0.2, 0.25) is 6.29 Å². The van der Waals surface area contributed by atoms with E-state index >= 15 is 0 Å². The molecule has 1 unspecified atom stereocenters. The Labute approximate surface area is 94.2 Å². The lowest BCUT2D eigenvalue weighted by Crippen LogP contribution is -2.29. The van der Waals surface area contributed by atoms with Crippen LogP contribution in [0, 0.1) is 0 Å². The SMILES string of the molecule is O=C1C(O)OCN1c1cccc(C(F)(F)F)c1. The molecule has 0 bridgehead atoms. The van der Waals surface area contributed by atoms with Crippen molar-refractivity contribution in [3.63, 3.8) is 0 Å². The quantitative estimate of drug-likeness (QED) is 0.814. The van der Waals surface area contributed by atoms with E-state index in [2.05, 4.69) is 4.74 Å². The number of carbonyl (C=O) groups excluding carboxylic acids is 1. The summed E-state index contributed by atoms with van der Waals surface area (Å²) in [7, 11) is 0. The van der Waals surface area contributed by atoms with E-state index in [9.17, 15) is 18.0 Å². The van der Waals surface area contributed by atoms with E-state index in [0.29, 0.717) is 0 Å². The van der Waals surface area contributed by atoms with E-state index in [4.69, 9.17) is 5.11 Å². The Hall–Kier alpha value is -1.60. The summed E-state index contributed by atoms with van der Waals surface area (Å²) in [4.78, 5) is 12.3. The zero-order valence-corrected chi connectivity index (χ0v) is 8.44. The third-order valence-electron chi connectivity index (χ3n) is 2.32. The van der Waals surface area contributed by atoms with Crippen LogP contribution >= 0.6 is 0 Å². The van der Waals surface area contributed by atoms with E-state index < -0.39 is 23.9 Å². The summed E-state index contributed by atoms with van der Waals surface area (Å²) >= 11 is 0. The number of hydrogen-bond acceptors (Lipinski definition) is 3. The predicted molar refractivity (Wildman–Crippen MR) is 50.9 cm³/mol. The normalized spacial score (nSPS) is 21.1. The number of ether oxygens (including phenoxy) is 1. The lowest BCUT2D eigenvalue weighted by atomic mass is 10.2. The summed E-state index contributed by atoms with van der Waals surface area (Å²) in [6, 6.07) is 4.27. The van der Waals surface area contributed by atoms with Crippen molar-refractivity contribution in [3.05, 3.63) is 29.8 Å². The highest BCUT2D eigenvalue weighted by Crippen LogP contribution is 2.32. The molecule has 1 aromatic carbocycles. The summed E-state index contributed by atoms with van der Waals surface area (Å²) in [6.07, 6.45) is -6.08. The Bertz CT molecular complexity index is 447. The van der Waals surface area contributed by atoms with Crippen LogP contribution in [0.4, 0.5) is 18.9 Å². The van der Waals surface area contributed by atoms with E-state index in [1.807, 2.05) is 0 Å². The number of alkyl halides is 3. The molecule has 1 aliphatic rings. The molecule has 0 aromatic heterocycles. The molecule has 0 saturated carbocycles. The molecular formula is C10H8F3NO3. The predicted octanol–water partition coefficient (Wildman–Crippen LogP) is 1.34. The Morgan fingerprint density at radius 2 is 2.12 bits per heavy atom. The maximum absolute atomic E-state index is 12.4. The third kappa shape index (κ3) is 2.25. The number of halogens is 3. The second kappa shape index (κ2) is 4.01. The van der Waals surface area contributed by atoms with E-state index in [0.717, 1.165) is 17.0 Å². The number of aliphatic hydroxyl groups excluding tert-OH is 1. The van der Waals surface area contributed by atoms with Crippen LogP contribution in [-0.2, 0) is 15.7 Å². The van der Waals surface area contributed by atoms with Crippen LogP contribution in [0.5, 0.6) is 0 Å². The first-order valence-corrected chi connectivity index (χ1v) is 4.68. The van der Waals surface area contributed by atoms with Gasteiger partial charge in [-0.05, 0) is 18.2 Å². The maximum atomic E-state index is 12.4. The summed E-state index contributed by atoms with van der Waals surface area (Å²) in [6.45, 7) is -0.263. The average molecular weight is 247 g/mol. The number of aliphatic hydroxyl groups is 1. The molecule has 1 saturated heterocycles. The highest BCUT2D eigenvalue weighted by Gasteiger charge is 2.34. The van der Waals surface area contributed by atoms with Gasteiger partial charge in [0.15, 0.2) is 0 Å². The maximum Gasteiger partial charge on any atom is 0.416 e. The zero-order chi connectivity index (χ0) is 12.6. The van der Waals surface area contributed by atoms with Crippen molar-refractivity contribution < 1.29 is 27.8 Å². The molecule has 1 atom stereocenters. The first-order chi connectivity index (χ1) is 7.89. The largest absolute Gasteiger partial charge is 0.416 e. The van der Waals surface area contributed by atoms with Crippen LogP contribution in [0.15, 0.2) is 24.3 Å². The van der Waals surface area contributed by atoms with Gasteiger partial charge < -0.3 is 9.84 Å². The summed E-state index contributed by atoms with van der Waals surface area (Å²) in [5.41, 5.74) is -0.814. The van der Waals surface area contributed by atoms with Gasteiger partial charge in [-0.3, -0.25) is 9.69 Å². The molecule has 1 fully saturated rings. The first kappa shape index (κ1) is 11.9. The van der Waals surface area contributed by atoms with E-state index in [-0.39, 0.29) is 12.4 Å². The summed E-state index contributed by atoms with van der Waals surface area (Å²) in [5.74, 6) is -0.774. The Balaban J connectivity index is 2.31. The molecule has 17 heavy (non-hydrogen) atoms. The van der Waals surface area contributed by atoms with Crippen molar-refractivity contribution in [1.29, 1.82) is 0 Å². The van der Waals surface area contributed by atoms with Crippen molar-refractivity contribution >= 4 is 11.6 Å². The fourth-order valence-corrected chi connectivity index (χ4v) is 1.47. The van der Waals surface area contributed by atoms with Gasteiger partial charge in [-0.15, -0.1) is 0 Å². The van der Waals surface area contributed by atoms with Crippen LogP contribution in [-0.4, -0.2) is 24.0 Å². The van der Waals surface area contributed by atoms with Gasteiger partial charge in [-0.2, -0.15) is 13.2 Å². The number of benzene rings is 1. The van der Waals surface area contributed by atoms with Crippen LogP contribution in [0.25, 0.3) is 0 Å². The Kier molecular flexibility index (Phi) is 2.80. The van der Waals surface area contributed by atoms with Crippen LogP contribution < -0.4 is 4.90 Å². The first-order valence-electron chi connectivity index (χ1n) is 4.68. The van der Waals surface area contributed by atoms with Gasteiger partial charge in [0, 0.05) is 5.69 Å². The number of anilines is 1. The zero-order valence-electron chi connectivity index (χ0n) is 8.44. The minimum absolute atomic E-state index is 0.0429. The average Bonchev–Trinajstić information content (AvgIpc) is 2.59. The Morgan fingerprint density at radius 3 is 2.65 bits per heavy atom. The molecule has 7 heteroatoms. The van der Waals surface area contributed by atoms with Gasteiger partial charge in [0.1, 0.15) is 6.73 Å². The fraction of sp³-hybridized carbons (Fsp3) is 0.300. The van der Waals surface area contributed by atoms with Crippen molar-refractivity contribution in [1.82, 2.24) is 0 Å². The number of nitrogens with zero attached hydrogens (tertiary/aromatic N) is 1. The minimum atomic E-state index is -4.47. The monoisotopic (exact) mass is 247 g/mol. The van der Waals surface area contributed by atoms with Gasteiger partial charge in [0.05, 0.1) is 5.56 Å². The van der Waals surface area contributed by atoms with Crippen molar-refractivity contribution in [2.24, 2.45) is 0 Å². The minimum Gasteiger partial charge on any atom is -0.360 e. The Morgan fingerprint density at radius 1 is 1.41 bits per heavy atom. The van der Waals surface area contributed by atoms with E-state index in [1.165, 1.54) is 12.1 Å². The molecular weight excluding hydrogens is 239 g/mol. The topological polar surface area (TPSA) is 49.8 Å². The van der Waals surface area contributed by atoms with Gasteiger partial charge in [-0.25, -0.2) is 0 Å². The van der Waals surface area contributed by atoms with Crippen molar-refractivity contribution in [2.45, 2.75) is 12.5 Å². The summed E-state index contributed by atoms with van der Waals surface area (Å²) in [5, 5.41) is 9.02. The molecule has 1 N–H and O–H groups in total. The molecule has 1 heterocycles. The highest BCUT2D eigenvalue weighted by molar-refractivity contribution is 5.96. The fourth-order valence-electron chi connectivity index (χ4n) is 1.47. The second-order valence-corrected chi connectivity index (χ2v) is 3.46. The molecule has 1 amide bonds. The molecule has 0 aliphatic carbocycles. The smallest absolute Gasteiger partial charge is 0.360 e.